The molecule has 170 valence electrons. The van der Waals surface area contributed by atoms with E-state index in [-0.39, 0.29) is 24.0 Å². The summed E-state index contributed by atoms with van der Waals surface area (Å²) in [5, 5.41) is 15.0. The zero-order valence-electron chi connectivity index (χ0n) is 16.7. The van der Waals surface area contributed by atoms with Crippen molar-refractivity contribution >= 4 is 17.8 Å². The van der Waals surface area contributed by atoms with Gasteiger partial charge in [0.1, 0.15) is 5.75 Å². The number of morpholine rings is 1. The van der Waals surface area contributed by atoms with Crippen LogP contribution in [0.4, 0.5) is 18.9 Å². The summed E-state index contributed by atoms with van der Waals surface area (Å²) in [6.07, 6.45) is -3.30. The molecule has 9 nitrogen and oxygen atoms in total. The lowest BCUT2D eigenvalue weighted by Gasteiger charge is -2.25. The van der Waals surface area contributed by atoms with Gasteiger partial charge in [-0.05, 0) is 42.0 Å². The van der Waals surface area contributed by atoms with Gasteiger partial charge in [0.15, 0.2) is 0 Å². The lowest BCUT2D eigenvalue weighted by atomic mass is 10.2. The maximum Gasteiger partial charge on any atom is 0.416 e. The first kappa shape index (κ1) is 23.2. The van der Waals surface area contributed by atoms with Crippen LogP contribution in [-0.2, 0) is 15.7 Å². The van der Waals surface area contributed by atoms with E-state index in [2.05, 4.69) is 10.5 Å². The van der Waals surface area contributed by atoms with E-state index in [0.717, 1.165) is 6.07 Å². The van der Waals surface area contributed by atoms with Gasteiger partial charge < -0.3 is 9.47 Å². The van der Waals surface area contributed by atoms with Gasteiger partial charge in [-0.2, -0.15) is 18.3 Å². The standard InChI is InChI=1S/C20H19F3N4O5/c21-20(22,23)15-3-6-18(17(11-15)27(29)30)32-16-4-1-14(2-5-16)12-24-25-19(28)13-26-7-9-31-10-8-26/h1-6,11-12H,7-10,13H2,(H,25,28). The highest BCUT2D eigenvalue weighted by molar-refractivity contribution is 5.83. The predicted octanol–water partition coefficient (Wildman–Crippen LogP) is 3.19. The zero-order valence-corrected chi connectivity index (χ0v) is 16.7. The largest absolute Gasteiger partial charge is 0.450 e. The second-order valence-corrected chi connectivity index (χ2v) is 6.79. The number of hydrogen-bond donors (Lipinski definition) is 1. The van der Waals surface area contributed by atoms with Gasteiger partial charge >= 0.3 is 11.9 Å². The molecule has 1 N–H and O–H groups in total. The summed E-state index contributed by atoms with van der Waals surface area (Å²) in [5.41, 5.74) is 1.09. The minimum Gasteiger partial charge on any atom is -0.450 e. The van der Waals surface area contributed by atoms with E-state index in [9.17, 15) is 28.1 Å². The van der Waals surface area contributed by atoms with Gasteiger partial charge in [0.25, 0.3) is 5.91 Å². The molecule has 0 spiro atoms. The van der Waals surface area contributed by atoms with Crippen LogP contribution >= 0.6 is 0 Å². The Kier molecular flexibility index (Phi) is 7.38. The van der Waals surface area contributed by atoms with E-state index in [4.69, 9.17) is 9.47 Å². The Hall–Kier alpha value is -3.51. The van der Waals surface area contributed by atoms with Crippen molar-refractivity contribution in [3.63, 3.8) is 0 Å². The molecule has 0 aliphatic carbocycles. The van der Waals surface area contributed by atoms with Crippen molar-refractivity contribution in [3.8, 4) is 11.5 Å². The average molecular weight is 452 g/mol. The number of nitrogens with zero attached hydrogens (tertiary/aromatic N) is 3. The van der Waals surface area contributed by atoms with Gasteiger partial charge in [0.2, 0.25) is 5.75 Å². The van der Waals surface area contributed by atoms with Gasteiger partial charge in [0.05, 0.1) is 36.5 Å². The number of carbonyl (C=O) groups excluding carboxylic acids is 1. The first-order valence-electron chi connectivity index (χ1n) is 9.48. The minimum atomic E-state index is -4.71. The Morgan fingerprint density at radius 3 is 2.53 bits per heavy atom. The quantitative estimate of drug-likeness (QED) is 0.393. The first-order valence-corrected chi connectivity index (χ1v) is 9.48. The van der Waals surface area contributed by atoms with Crippen LogP contribution in [0.5, 0.6) is 11.5 Å². The van der Waals surface area contributed by atoms with Crippen LogP contribution in [0.15, 0.2) is 47.6 Å². The van der Waals surface area contributed by atoms with Crippen molar-refractivity contribution in [2.24, 2.45) is 5.10 Å². The third-order valence-electron chi connectivity index (χ3n) is 4.46. The predicted molar refractivity (Wildman–Crippen MR) is 108 cm³/mol. The Labute approximate surface area is 180 Å². The zero-order chi connectivity index (χ0) is 23.1. The van der Waals surface area contributed by atoms with Crippen molar-refractivity contribution in [1.82, 2.24) is 10.3 Å². The van der Waals surface area contributed by atoms with Crippen molar-refractivity contribution in [3.05, 3.63) is 63.7 Å². The summed E-state index contributed by atoms with van der Waals surface area (Å²) in [6, 6.07) is 8.13. The summed E-state index contributed by atoms with van der Waals surface area (Å²) >= 11 is 0. The fourth-order valence-electron chi connectivity index (χ4n) is 2.85. The van der Waals surface area contributed by atoms with Gasteiger partial charge in [-0.1, -0.05) is 0 Å². The molecule has 0 bridgehead atoms. The number of hydrogen-bond acceptors (Lipinski definition) is 7. The van der Waals surface area contributed by atoms with Crippen molar-refractivity contribution in [2.45, 2.75) is 6.18 Å². The number of carbonyl (C=O) groups is 1. The summed E-state index contributed by atoms with van der Waals surface area (Å²) < 4.78 is 49.0. The third-order valence-corrected chi connectivity index (χ3v) is 4.46. The number of benzene rings is 2. The summed E-state index contributed by atoms with van der Waals surface area (Å²) in [4.78, 5) is 24.0. The number of hydrazone groups is 1. The number of nitro groups is 1. The summed E-state index contributed by atoms with van der Waals surface area (Å²) in [6.45, 7) is 2.73. The average Bonchev–Trinajstić information content (AvgIpc) is 2.75. The van der Waals surface area contributed by atoms with Crippen LogP contribution in [0.1, 0.15) is 11.1 Å². The summed E-state index contributed by atoms with van der Waals surface area (Å²) in [7, 11) is 0. The minimum absolute atomic E-state index is 0.182. The number of ether oxygens (including phenoxy) is 2. The van der Waals surface area contributed by atoms with Crippen LogP contribution < -0.4 is 10.2 Å². The fourth-order valence-corrected chi connectivity index (χ4v) is 2.85. The highest BCUT2D eigenvalue weighted by atomic mass is 19.4. The molecule has 1 heterocycles. The lowest BCUT2D eigenvalue weighted by Crippen LogP contribution is -2.42. The number of amides is 1. The fraction of sp³-hybridized carbons (Fsp3) is 0.300. The molecule has 0 atom stereocenters. The van der Waals surface area contributed by atoms with Crippen LogP contribution in [0.3, 0.4) is 0 Å². The number of nitro benzene ring substituents is 1. The highest BCUT2D eigenvalue weighted by Gasteiger charge is 2.33. The van der Waals surface area contributed by atoms with Gasteiger partial charge in [0, 0.05) is 19.2 Å². The molecule has 0 radical (unpaired) electrons. The van der Waals surface area contributed by atoms with E-state index >= 15 is 0 Å². The van der Waals surface area contributed by atoms with Gasteiger partial charge in [-0.3, -0.25) is 19.8 Å². The molecule has 1 fully saturated rings. The van der Waals surface area contributed by atoms with Crippen LogP contribution in [0.2, 0.25) is 0 Å². The molecular formula is C20H19F3N4O5. The Morgan fingerprint density at radius 1 is 1.22 bits per heavy atom. The molecule has 32 heavy (non-hydrogen) atoms. The molecule has 0 unspecified atom stereocenters. The summed E-state index contributed by atoms with van der Waals surface area (Å²) in [5.74, 6) is -0.404. The van der Waals surface area contributed by atoms with Crippen molar-refractivity contribution in [1.29, 1.82) is 0 Å². The molecule has 1 amide bonds. The maximum atomic E-state index is 12.8. The van der Waals surface area contributed by atoms with Gasteiger partial charge in [-0.25, -0.2) is 5.43 Å². The molecule has 1 saturated heterocycles. The molecule has 1 aliphatic heterocycles. The first-order chi connectivity index (χ1) is 15.2. The van der Waals surface area contributed by atoms with Crippen LogP contribution in [0, 0.1) is 10.1 Å². The second kappa shape index (κ2) is 10.2. The number of nitrogens with one attached hydrogen (secondary N) is 1. The van der Waals surface area contributed by atoms with E-state index in [1.807, 2.05) is 4.90 Å². The number of rotatable bonds is 7. The highest BCUT2D eigenvalue weighted by Crippen LogP contribution is 2.37. The Morgan fingerprint density at radius 2 is 1.91 bits per heavy atom. The Balaban J connectivity index is 1.59. The third kappa shape index (κ3) is 6.49. The monoisotopic (exact) mass is 452 g/mol. The van der Waals surface area contributed by atoms with Crippen molar-refractivity contribution in [2.75, 3.05) is 32.8 Å². The van der Waals surface area contributed by atoms with Crippen molar-refractivity contribution < 1.29 is 32.4 Å². The molecular weight excluding hydrogens is 433 g/mol. The lowest BCUT2D eigenvalue weighted by molar-refractivity contribution is -0.385. The number of halogens is 3. The molecule has 0 saturated carbocycles. The van der Waals surface area contributed by atoms with E-state index in [1.165, 1.54) is 18.3 Å². The molecule has 1 aliphatic rings. The molecule has 12 heteroatoms. The van der Waals surface area contributed by atoms with Crippen LogP contribution in [-0.4, -0.2) is 54.8 Å². The second-order valence-electron chi connectivity index (χ2n) is 6.79. The molecule has 2 aromatic carbocycles. The topological polar surface area (TPSA) is 106 Å². The maximum absolute atomic E-state index is 12.8. The number of alkyl halides is 3. The smallest absolute Gasteiger partial charge is 0.416 e. The molecule has 2 aromatic rings. The normalized spacial score (nSPS) is 15.0. The Bertz CT molecular complexity index is 990. The van der Waals surface area contributed by atoms with E-state index in [1.54, 1.807) is 12.1 Å². The van der Waals surface area contributed by atoms with Crippen LogP contribution in [0.25, 0.3) is 0 Å². The van der Waals surface area contributed by atoms with Gasteiger partial charge in [-0.15, -0.1) is 0 Å². The molecule has 3 rings (SSSR count). The van der Waals surface area contributed by atoms with E-state index in [0.29, 0.717) is 44.0 Å². The van der Waals surface area contributed by atoms with E-state index < -0.39 is 22.4 Å². The SMILES string of the molecule is O=C(CN1CCOCC1)NN=Cc1ccc(Oc2ccc(C(F)(F)F)cc2[N+](=O)[O-])cc1. The molecule has 0 aromatic heterocycles.